The van der Waals surface area contributed by atoms with Gasteiger partial charge < -0.3 is 10.4 Å². The van der Waals surface area contributed by atoms with Gasteiger partial charge in [0.1, 0.15) is 0 Å². The van der Waals surface area contributed by atoms with E-state index in [-0.39, 0.29) is 28.3 Å². The highest BCUT2D eigenvalue weighted by Gasteiger charge is 2.25. The van der Waals surface area contributed by atoms with Crippen LogP contribution in [0.5, 0.6) is 0 Å². The molecule has 31 heavy (non-hydrogen) atoms. The first-order valence-electron chi connectivity index (χ1n) is 9.26. The molecule has 0 aliphatic rings. The summed E-state index contributed by atoms with van der Waals surface area (Å²) >= 11 is 3.33. The van der Waals surface area contributed by atoms with Crippen LogP contribution in [0.15, 0.2) is 82.2 Å². The van der Waals surface area contributed by atoms with Crippen LogP contribution in [0.4, 0.5) is 11.4 Å². The zero-order valence-corrected chi connectivity index (χ0v) is 18.9. The van der Waals surface area contributed by atoms with Gasteiger partial charge in [-0.2, -0.15) is 0 Å². The third-order valence-corrected chi connectivity index (χ3v) is 6.92. The molecule has 0 fully saturated rings. The Labute approximate surface area is 188 Å². The average molecular weight is 503 g/mol. The summed E-state index contributed by atoms with van der Waals surface area (Å²) in [5.74, 6) is -1.79. The summed E-state index contributed by atoms with van der Waals surface area (Å²) in [6, 6.07) is 18.5. The Morgan fingerprint density at radius 3 is 2.32 bits per heavy atom. The first-order valence-corrected chi connectivity index (χ1v) is 11.5. The van der Waals surface area contributed by atoms with Crippen molar-refractivity contribution in [3.8, 4) is 0 Å². The molecule has 0 atom stereocenters. The molecule has 0 saturated carbocycles. The number of hydrogen-bond acceptors (Lipinski definition) is 4. The zero-order valence-electron chi connectivity index (χ0n) is 16.4. The summed E-state index contributed by atoms with van der Waals surface area (Å²) in [7, 11) is -3.92. The molecule has 0 radical (unpaired) electrons. The van der Waals surface area contributed by atoms with Gasteiger partial charge in [-0.15, -0.1) is 0 Å². The summed E-state index contributed by atoms with van der Waals surface area (Å²) in [4.78, 5) is 24.0. The Morgan fingerprint density at radius 2 is 1.68 bits per heavy atom. The maximum Gasteiger partial charge on any atom is 0.337 e. The second-order valence-corrected chi connectivity index (χ2v) is 9.26. The molecule has 0 unspecified atom stereocenters. The second kappa shape index (κ2) is 9.32. The molecule has 0 spiro atoms. The lowest BCUT2D eigenvalue weighted by Crippen LogP contribution is -2.31. The van der Waals surface area contributed by atoms with Crippen LogP contribution in [0, 0.1) is 0 Å². The number of carboxylic acids is 1. The number of aromatic carboxylic acids is 1. The number of carbonyl (C=O) groups excluding carboxylic acids is 1. The van der Waals surface area contributed by atoms with E-state index in [0.717, 1.165) is 4.47 Å². The summed E-state index contributed by atoms with van der Waals surface area (Å²) in [6.07, 6.45) is 0. The molecule has 2 N–H and O–H groups in total. The lowest BCUT2D eigenvalue weighted by molar-refractivity contribution is 0.0698. The maximum atomic E-state index is 13.2. The van der Waals surface area contributed by atoms with Crippen molar-refractivity contribution in [2.75, 3.05) is 16.2 Å². The highest BCUT2D eigenvalue weighted by Crippen LogP contribution is 2.26. The third kappa shape index (κ3) is 4.95. The Morgan fingerprint density at radius 1 is 1.00 bits per heavy atom. The number of carboxylic acid groups (broad SMARTS) is 1. The van der Waals surface area contributed by atoms with E-state index in [9.17, 15) is 23.1 Å². The Bertz CT molecular complexity index is 1230. The van der Waals surface area contributed by atoms with Crippen LogP contribution in [0.3, 0.4) is 0 Å². The number of rotatable bonds is 7. The molecule has 0 aliphatic carbocycles. The van der Waals surface area contributed by atoms with Gasteiger partial charge in [0.05, 0.1) is 21.8 Å². The minimum Gasteiger partial charge on any atom is -0.478 e. The Hall–Kier alpha value is -3.17. The van der Waals surface area contributed by atoms with Crippen LogP contribution in [-0.2, 0) is 10.0 Å². The molecule has 3 rings (SSSR count). The molecule has 0 heterocycles. The van der Waals surface area contributed by atoms with Gasteiger partial charge in [0.15, 0.2) is 0 Å². The Balaban J connectivity index is 1.92. The quantitative estimate of drug-likeness (QED) is 0.490. The van der Waals surface area contributed by atoms with Crippen molar-refractivity contribution in [1.29, 1.82) is 0 Å². The molecule has 0 aromatic heterocycles. The van der Waals surface area contributed by atoms with Gasteiger partial charge in [0, 0.05) is 16.6 Å². The summed E-state index contributed by atoms with van der Waals surface area (Å²) in [5, 5.41) is 11.8. The van der Waals surface area contributed by atoms with Crippen LogP contribution in [0.2, 0.25) is 0 Å². The largest absolute Gasteiger partial charge is 0.478 e. The molecule has 0 bridgehead atoms. The van der Waals surface area contributed by atoms with Gasteiger partial charge in [0.25, 0.3) is 15.9 Å². The summed E-state index contributed by atoms with van der Waals surface area (Å²) in [5.41, 5.74) is 0.648. The van der Waals surface area contributed by atoms with Crippen LogP contribution in [0.1, 0.15) is 27.6 Å². The van der Waals surface area contributed by atoms with Crippen molar-refractivity contribution in [2.24, 2.45) is 0 Å². The van der Waals surface area contributed by atoms with Gasteiger partial charge in [-0.25, -0.2) is 13.2 Å². The number of amides is 1. The van der Waals surface area contributed by atoms with E-state index >= 15 is 0 Å². The molecule has 0 saturated heterocycles. The number of halogens is 1. The zero-order chi connectivity index (χ0) is 22.6. The number of nitrogens with zero attached hydrogens (tertiary/aromatic N) is 1. The number of anilines is 2. The van der Waals surface area contributed by atoms with Gasteiger partial charge in [-0.05, 0) is 61.5 Å². The molecule has 0 aliphatic heterocycles. The van der Waals surface area contributed by atoms with Crippen LogP contribution in [0.25, 0.3) is 0 Å². The topological polar surface area (TPSA) is 104 Å². The lowest BCUT2D eigenvalue weighted by Gasteiger charge is -2.23. The smallest absolute Gasteiger partial charge is 0.337 e. The lowest BCUT2D eigenvalue weighted by atomic mass is 10.1. The van der Waals surface area contributed by atoms with Crippen molar-refractivity contribution in [3.05, 3.63) is 88.4 Å². The van der Waals surface area contributed by atoms with Crippen molar-refractivity contribution < 1.29 is 23.1 Å². The van der Waals surface area contributed by atoms with Crippen molar-refractivity contribution in [3.63, 3.8) is 0 Å². The SMILES string of the molecule is CCN(c1ccc(Br)cc1)S(=O)(=O)c1cccc(C(=O)Nc2ccccc2C(=O)O)c1. The van der Waals surface area contributed by atoms with Gasteiger partial charge in [-0.1, -0.05) is 34.1 Å². The second-order valence-electron chi connectivity index (χ2n) is 6.48. The number of hydrogen-bond donors (Lipinski definition) is 2. The molecule has 7 nitrogen and oxygen atoms in total. The predicted molar refractivity (Wildman–Crippen MR) is 122 cm³/mol. The highest BCUT2D eigenvalue weighted by molar-refractivity contribution is 9.10. The molecular formula is C22H19BrN2O5S. The van der Waals surface area contributed by atoms with E-state index in [0.29, 0.717) is 5.69 Å². The summed E-state index contributed by atoms with van der Waals surface area (Å²) in [6.45, 7) is 1.92. The van der Waals surface area contributed by atoms with E-state index in [1.165, 1.54) is 40.7 Å². The molecule has 1 amide bonds. The summed E-state index contributed by atoms with van der Waals surface area (Å²) < 4.78 is 28.5. The van der Waals surface area contributed by atoms with E-state index in [2.05, 4.69) is 21.2 Å². The fourth-order valence-corrected chi connectivity index (χ4v) is 4.78. The van der Waals surface area contributed by atoms with Gasteiger partial charge >= 0.3 is 5.97 Å². The first kappa shape index (κ1) is 22.5. The minimum absolute atomic E-state index is 0.0450. The van der Waals surface area contributed by atoms with Gasteiger partial charge in [-0.3, -0.25) is 9.10 Å². The number of carbonyl (C=O) groups is 2. The predicted octanol–water partition coefficient (Wildman–Crippen LogP) is 4.61. The minimum atomic E-state index is -3.92. The fraction of sp³-hybridized carbons (Fsp3) is 0.0909. The van der Waals surface area contributed by atoms with Crippen LogP contribution < -0.4 is 9.62 Å². The van der Waals surface area contributed by atoms with E-state index in [1.54, 1.807) is 43.3 Å². The monoisotopic (exact) mass is 502 g/mol. The number of para-hydroxylation sites is 1. The normalized spacial score (nSPS) is 11.0. The number of nitrogens with one attached hydrogen (secondary N) is 1. The van der Waals surface area contributed by atoms with Crippen molar-refractivity contribution >= 4 is 49.2 Å². The van der Waals surface area contributed by atoms with E-state index in [1.807, 2.05) is 0 Å². The van der Waals surface area contributed by atoms with Crippen LogP contribution in [-0.4, -0.2) is 31.9 Å². The van der Waals surface area contributed by atoms with E-state index < -0.39 is 21.9 Å². The first-order chi connectivity index (χ1) is 14.7. The standard InChI is InChI=1S/C22H19BrN2O5S/c1-2-25(17-12-10-16(23)11-13-17)31(29,30)18-7-5-6-15(14-18)21(26)24-20-9-4-3-8-19(20)22(27)28/h3-14H,2H2,1H3,(H,24,26)(H,27,28). The number of benzene rings is 3. The van der Waals surface area contributed by atoms with Crippen molar-refractivity contribution in [2.45, 2.75) is 11.8 Å². The molecular weight excluding hydrogens is 484 g/mol. The molecule has 160 valence electrons. The average Bonchev–Trinajstić information content (AvgIpc) is 2.75. The molecule has 3 aromatic carbocycles. The van der Waals surface area contributed by atoms with E-state index in [4.69, 9.17) is 0 Å². The van der Waals surface area contributed by atoms with Crippen molar-refractivity contribution in [1.82, 2.24) is 0 Å². The fourth-order valence-electron chi connectivity index (χ4n) is 3.00. The highest BCUT2D eigenvalue weighted by atomic mass is 79.9. The maximum absolute atomic E-state index is 13.2. The van der Waals surface area contributed by atoms with Crippen LogP contribution >= 0.6 is 15.9 Å². The molecule has 3 aromatic rings. The third-order valence-electron chi connectivity index (χ3n) is 4.49. The van der Waals surface area contributed by atoms with Gasteiger partial charge in [0.2, 0.25) is 0 Å². The Kier molecular flexibility index (Phi) is 6.77. The number of sulfonamides is 1. The molecule has 9 heteroatoms.